The van der Waals surface area contributed by atoms with Crippen molar-refractivity contribution in [1.82, 2.24) is 15.5 Å². The molecule has 1 aromatic carbocycles. The number of benzene rings is 1. The Morgan fingerprint density at radius 2 is 1.71 bits per heavy atom. The first-order chi connectivity index (χ1) is 11.0. The smallest absolute Gasteiger partial charge is 0.243 e. The highest BCUT2D eigenvalue weighted by molar-refractivity contribution is 14.0. The number of amides is 1. The van der Waals surface area contributed by atoms with Crippen LogP contribution in [0.2, 0.25) is 0 Å². The highest BCUT2D eigenvalue weighted by Crippen LogP contribution is 2.13. The summed E-state index contributed by atoms with van der Waals surface area (Å²) in [5.74, 6) is 0.700. The van der Waals surface area contributed by atoms with E-state index in [1.807, 2.05) is 0 Å². The van der Waals surface area contributed by atoms with Crippen LogP contribution in [0.3, 0.4) is 0 Å². The first-order valence-electron chi connectivity index (χ1n) is 8.23. The van der Waals surface area contributed by atoms with Gasteiger partial charge in [-0.2, -0.15) is 0 Å². The Hall–Kier alpha value is -1.31. The normalized spacial score (nSPS) is 10.8. The van der Waals surface area contributed by atoms with Gasteiger partial charge >= 0.3 is 0 Å². The SMILES string of the molecule is CCCNC(=NCC(=O)N(C)C)NCCc1c(C)cccc1C.I. The molecule has 0 atom stereocenters. The Labute approximate surface area is 163 Å². The van der Waals surface area contributed by atoms with Gasteiger partial charge in [-0.15, -0.1) is 24.0 Å². The summed E-state index contributed by atoms with van der Waals surface area (Å²) in [6, 6.07) is 6.37. The number of guanidine groups is 1. The maximum Gasteiger partial charge on any atom is 0.243 e. The van der Waals surface area contributed by atoms with Gasteiger partial charge in [0.25, 0.3) is 0 Å². The lowest BCUT2D eigenvalue weighted by Gasteiger charge is -2.14. The zero-order valence-electron chi connectivity index (χ0n) is 15.5. The number of carbonyl (C=O) groups excluding carboxylic acids is 1. The largest absolute Gasteiger partial charge is 0.356 e. The van der Waals surface area contributed by atoms with E-state index in [-0.39, 0.29) is 36.4 Å². The third kappa shape index (κ3) is 7.99. The molecule has 0 saturated heterocycles. The van der Waals surface area contributed by atoms with Crippen LogP contribution in [0.1, 0.15) is 30.0 Å². The zero-order chi connectivity index (χ0) is 17.2. The molecule has 0 bridgehead atoms. The van der Waals surface area contributed by atoms with E-state index >= 15 is 0 Å². The van der Waals surface area contributed by atoms with Crippen molar-refractivity contribution in [3.63, 3.8) is 0 Å². The standard InChI is InChI=1S/C18H30N4O.HI/c1-6-11-19-18(21-13-17(23)22(4)5)20-12-10-16-14(2)8-7-9-15(16)3;/h7-9H,6,10-13H2,1-5H3,(H2,19,20,21);1H. The van der Waals surface area contributed by atoms with E-state index in [0.29, 0.717) is 5.96 Å². The van der Waals surface area contributed by atoms with Crippen molar-refractivity contribution in [3.05, 3.63) is 34.9 Å². The van der Waals surface area contributed by atoms with Crippen molar-refractivity contribution in [3.8, 4) is 0 Å². The number of carbonyl (C=O) groups is 1. The van der Waals surface area contributed by atoms with E-state index in [4.69, 9.17) is 0 Å². The zero-order valence-corrected chi connectivity index (χ0v) is 17.8. The molecule has 0 aromatic heterocycles. The van der Waals surface area contributed by atoms with E-state index in [1.165, 1.54) is 16.7 Å². The van der Waals surface area contributed by atoms with Gasteiger partial charge in [0, 0.05) is 27.2 Å². The monoisotopic (exact) mass is 446 g/mol. The predicted octanol–water partition coefficient (Wildman–Crippen LogP) is 2.50. The van der Waals surface area contributed by atoms with E-state index in [2.05, 4.69) is 54.6 Å². The number of aliphatic imine (C=N–C) groups is 1. The van der Waals surface area contributed by atoms with Crippen LogP contribution >= 0.6 is 24.0 Å². The molecule has 0 aliphatic carbocycles. The third-order valence-corrected chi connectivity index (χ3v) is 3.73. The summed E-state index contributed by atoms with van der Waals surface area (Å²) in [4.78, 5) is 17.6. The number of nitrogens with one attached hydrogen (secondary N) is 2. The van der Waals surface area contributed by atoms with Crippen molar-refractivity contribution in [2.75, 3.05) is 33.7 Å². The van der Waals surface area contributed by atoms with Gasteiger partial charge in [-0.25, -0.2) is 4.99 Å². The van der Waals surface area contributed by atoms with E-state index < -0.39 is 0 Å². The number of likely N-dealkylation sites (N-methyl/N-ethyl adjacent to an activating group) is 1. The number of hydrogen-bond acceptors (Lipinski definition) is 2. The van der Waals surface area contributed by atoms with Crippen molar-refractivity contribution < 1.29 is 4.79 Å². The molecule has 24 heavy (non-hydrogen) atoms. The molecule has 2 N–H and O–H groups in total. The van der Waals surface area contributed by atoms with Gasteiger partial charge in [0.05, 0.1) is 0 Å². The van der Waals surface area contributed by atoms with Gasteiger partial charge in [-0.1, -0.05) is 25.1 Å². The van der Waals surface area contributed by atoms with Gasteiger partial charge in [-0.3, -0.25) is 4.79 Å². The molecular formula is C18H31IN4O. The molecule has 1 amide bonds. The molecule has 6 heteroatoms. The molecule has 0 saturated carbocycles. The van der Waals surface area contributed by atoms with E-state index in [1.54, 1.807) is 19.0 Å². The first-order valence-corrected chi connectivity index (χ1v) is 8.23. The molecule has 136 valence electrons. The summed E-state index contributed by atoms with van der Waals surface area (Å²) >= 11 is 0. The van der Waals surface area contributed by atoms with Gasteiger partial charge in [-0.05, 0) is 43.4 Å². The Kier molecular flexibility index (Phi) is 11.4. The van der Waals surface area contributed by atoms with Crippen LogP contribution in [0.5, 0.6) is 0 Å². The highest BCUT2D eigenvalue weighted by atomic mass is 127. The maximum absolute atomic E-state index is 11.7. The summed E-state index contributed by atoms with van der Waals surface area (Å²) in [6.45, 7) is 8.18. The Balaban J connectivity index is 0.00000529. The molecule has 1 rings (SSSR count). The van der Waals surface area contributed by atoms with Crippen molar-refractivity contribution in [2.45, 2.75) is 33.6 Å². The summed E-state index contributed by atoms with van der Waals surface area (Å²) in [6.07, 6.45) is 1.95. The second-order valence-corrected chi connectivity index (χ2v) is 5.93. The third-order valence-electron chi connectivity index (χ3n) is 3.73. The van der Waals surface area contributed by atoms with E-state index in [9.17, 15) is 4.79 Å². The summed E-state index contributed by atoms with van der Waals surface area (Å²) in [7, 11) is 3.48. The van der Waals surface area contributed by atoms with Crippen LogP contribution in [0.4, 0.5) is 0 Å². The molecule has 0 aliphatic heterocycles. The van der Waals surface area contributed by atoms with Crippen molar-refractivity contribution in [1.29, 1.82) is 0 Å². The van der Waals surface area contributed by atoms with Gasteiger partial charge in [0.15, 0.2) is 5.96 Å². The predicted molar refractivity (Wildman–Crippen MR) is 112 cm³/mol. The fourth-order valence-electron chi connectivity index (χ4n) is 2.26. The van der Waals surface area contributed by atoms with E-state index in [0.717, 1.165) is 25.9 Å². The fourth-order valence-corrected chi connectivity index (χ4v) is 2.26. The topological polar surface area (TPSA) is 56.7 Å². The Morgan fingerprint density at radius 1 is 1.12 bits per heavy atom. The molecule has 0 spiro atoms. The Bertz CT molecular complexity index is 524. The summed E-state index contributed by atoms with van der Waals surface area (Å²) < 4.78 is 0. The van der Waals surface area contributed by atoms with Gasteiger partial charge in [0.2, 0.25) is 5.91 Å². The van der Waals surface area contributed by atoms with Crippen molar-refractivity contribution >= 4 is 35.8 Å². The van der Waals surface area contributed by atoms with Crippen LogP contribution in [0, 0.1) is 13.8 Å². The van der Waals surface area contributed by atoms with Crippen LogP contribution in [-0.2, 0) is 11.2 Å². The second kappa shape index (κ2) is 12.1. The molecule has 0 heterocycles. The molecule has 0 aliphatic rings. The maximum atomic E-state index is 11.7. The molecule has 1 aromatic rings. The second-order valence-electron chi connectivity index (χ2n) is 5.93. The lowest BCUT2D eigenvalue weighted by molar-refractivity contribution is -0.127. The molecule has 0 fully saturated rings. The Morgan fingerprint density at radius 3 is 2.25 bits per heavy atom. The number of hydrogen-bond donors (Lipinski definition) is 2. The first kappa shape index (κ1) is 22.7. The quantitative estimate of drug-likeness (QED) is 0.385. The summed E-state index contributed by atoms with van der Waals surface area (Å²) in [5.41, 5.74) is 4.00. The molecule has 5 nitrogen and oxygen atoms in total. The number of aryl methyl sites for hydroxylation is 2. The molecule has 0 unspecified atom stereocenters. The van der Waals surface area contributed by atoms with Crippen LogP contribution < -0.4 is 10.6 Å². The lowest BCUT2D eigenvalue weighted by Crippen LogP contribution is -2.39. The number of halogens is 1. The van der Waals surface area contributed by atoms with Crippen LogP contribution in [-0.4, -0.2) is 50.5 Å². The van der Waals surface area contributed by atoms with Crippen LogP contribution in [0.15, 0.2) is 23.2 Å². The number of nitrogens with zero attached hydrogens (tertiary/aromatic N) is 2. The highest BCUT2D eigenvalue weighted by Gasteiger charge is 2.05. The molecular weight excluding hydrogens is 415 g/mol. The fraction of sp³-hybridized carbons (Fsp3) is 0.556. The minimum absolute atomic E-state index is 0. The van der Waals surface area contributed by atoms with Gasteiger partial charge in [0.1, 0.15) is 6.54 Å². The van der Waals surface area contributed by atoms with Crippen LogP contribution in [0.25, 0.3) is 0 Å². The minimum atomic E-state index is -0.00246. The summed E-state index contributed by atoms with van der Waals surface area (Å²) in [5, 5.41) is 6.57. The average Bonchev–Trinajstić information content (AvgIpc) is 2.51. The average molecular weight is 446 g/mol. The van der Waals surface area contributed by atoms with Crippen molar-refractivity contribution in [2.24, 2.45) is 4.99 Å². The number of rotatable bonds is 7. The molecule has 0 radical (unpaired) electrons. The minimum Gasteiger partial charge on any atom is -0.356 e. The lowest BCUT2D eigenvalue weighted by atomic mass is 10.0. The van der Waals surface area contributed by atoms with Gasteiger partial charge < -0.3 is 15.5 Å².